The fourth-order valence-electron chi connectivity index (χ4n) is 1.91. The molecule has 0 saturated heterocycles. The predicted octanol–water partition coefficient (Wildman–Crippen LogP) is 4.96. The van der Waals surface area contributed by atoms with Gasteiger partial charge in [-0.25, -0.2) is 0 Å². The average Bonchev–Trinajstić information content (AvgIpc) is 2.48. The van der Waals surface area contributed by atoms with Crippen molar-refractivity contribution in [3.63, 3.8) is 0 Å². The van der Waals surface area contributed by atoms with Crippen LogP contribution in [0, 0.1) is 0 Å². The zero-order valence-corrected chi connectivity index (χ0v) is 14.0. The quantitative estimate of drug-likeness (QED) is 0.552. The molecule has 0 spiro atoms. The molecule has 0 radical (unpaired) electrons. The molecule has 2 aromatic rings. The van der Waals surface area contributed by atoms with Gasteiger partial charge in [-0.05, 0) is 24.3 Å². The zero-order valence-electron chi connectivity index (χ0n) is 11.6. The van der Waals surface area contributed by atoms with Crippen LogP contribution in [0.4, 0.5) is 0 Å². The lowest BCUT2D eigenvalue weighted by molar-refractivity contribution is 0.302. The van der Waals surface area contributed by atoms with Crippen LogP contribution >= 0.6 is 27.5 Å². The van der Waals surface area contributed by atoms with Crippen LogP contribution in [0.15, 0.2) is 59.6 Å². The van der Waals surface area contributed by atoms with Crippen molar-refractivity contribution in [2.45, 2.75) is 13.2 Å². The summed E-state index contributed by atoms with van der Waals surface area (Å²) in [6.45, 7) is 5.64. The maximum absolute atomic E-state index is 6.15. The summed E-state index contributed by atoms with van der Waals surface area (Å²) < 4.78 is 6.95. The SMILES string of the molecule is C=CCNCc1cc(Br)ccc1OCc1ccccc1Cl. The molecular weight excluding hydrogens is 350 g/mol. The first-order chi connectivity index (χ1) is 10.2. The van der Waals surface area contributed by atoms with E-state index in [1.54, 1.807) is 0 Å². The van der Waals surface area contributed by atoms with Crippen molar-refractivity contribution in [1.82, 2.24) is 5.32 Å². The lowest BCUT2D eigenvalue weighted by Crippen LogP contribution is -2.13. The van der Waals surface area contributed by atoms with Crippen molar-refractivity contribution in [3.05, 3.63) is 75.7 Å². The van der Waals surface area contributed by atoms with Crippen molar-refractivity contribution in [1.29, 1.82) is 0 Å². The molecule has 0 saturated carbocycles. The first kappa shape index (κ1) is 16.1. The lowest BCUT2D eigenvalue weighted by atomic mass is 10.2. The molecule has 0 fully saturated rings. The number of hydrogen-bond acceptors (Lipinski definition) is 2. The van der Waals surface area contributed by atoms with Crippen molar-refractivity contribution >= 4 is 27.5 Å². The van der Waals surface area contributed by atoms with Gasteiger partial charge in [0.2, 0.25) is 0 Å². The average molecular weight is 367 g/mol. The molecule has 21 heavy (non-hydrogen) atoms. The fourth-order valence-corrected chi connectivity index (χ4v) is 2.51. The summed E-state index contributed by atoms with van der Waals surface area (Å²) in [5.74, 6) is 0.856. The maximum atomic E-state index is 6.15. The summed E-state index contributed by atoms with van der Waals surface area (Å²) in [5.41, 5.74) is 2.07. The van der Waals surface area contributed by atoms with Gasteiger partial charge in [-0.15, -0.1) is 6.58 Å². The number of nitrogens with one attached hydrogen (secondary N) is 1. The van der Waals surface area contributed by atoms with Crippen LogP contribution in [-0.2, 0) is 13.2 Å². The maximum Gasteiger partial charge on any atom is 0.124 e. The monoisotopic (exact) mass is 365 g/mol. The Kier molecular flexibility index (Phi) is 6.30. The van der Waals surface area contributed by atoms with Gasteiger partial charge in [-0.3, -0.25) is 0 Å². The molecule has 2 rings (SSSR count). The van der Waals surface area contributed by atoms with Crippen LogP contribution in [0.2, 0.25) is 5.02 Å². The summed E-state index contributed by atoms with van der Waals surface area (Å²) >= 11 is 9.64. The summed E-state index contributed by atoms with van der Waals surface area (Å²) in [5, 5.41) is 4.01. The minimum atomic E-state index is 0.454. The third-order valence-electron chi connectivity index (χ3n) is 2.97. The molecule has 4 heteroatoms. The van der Waals surface area contributed by atoms with Crippen LogP contribution in [0.1, 0.15) is 11.1 Å². The topological polar surface area (TPSA) is 21.3 Å². The summed E-state index contributed by atoms with van der Waals surface area (Å²) in [7, 11) is 0. The minimum absolute atomic E-state index is 0.454. The molecule has 0 aliphatic carbocycles. The number of ether oxygens (including phenoxy) is 1. The Labute approximate surface area is 138 Å². The standard InChI is InChI=1S/C17H17BrClNO/c1-2-9-20-11-14-10-15(18)7-8-17(14)21-12-13-5-3-4-6-16(13)19/h2-8,10,20H,1,9,11-12H2. The summed E-state index contributed by atoms with van der Waals surface area (Å²) in [6.07, 6.45) is 1.84. The van der Waals surface area contributed by atoms with E-state index in [2.05, 4.69) is 33.9 Å². The first-order valence-corrected chi connectivity index (χ1v) is 7.84. The molecule has 0 atom stereocenters. The highest BCUT2D eigenvalue weighted by Crippen LogP contribution is 2.25. The van der Waals surface area contributed by atoms with Crippen molar-refractivity contribution in [3.8, 4) is 5.75 Å². The molecule has 0 bridgehead atoms. The van der Waals surface area contributed by atoms with Gasteiger partial charge in [0.05, 0.1) is 0 Å². The van der Waals surface area contributed by atoms with Crippen molar-refractivity contribution in [2.24, 2.45) is 0 Å². The van der Waals surface area contributed by atoms with Crippen molar-refractivity contribution < 1.29 is 4.74 Å². The van der Waals surface area contributed by atoms with Crippen LogP contribution in [0.25, 0.3) is 0 Å². The van der Waals surface area contributed by atoms with E-state index in [9.17, 15) is 0 Å². The van der Waals surface area contributed by atoms with Gasteiger partial charge in [-0.1, -0.05) is 51.8 Å². The van der Waals surface area contributed by atoms with Gasteiger partial charge in [0.25, 0.3) is 0 Å². The highest BCUT2D eigenvalue weighted by molar-refractivity contribution is 9.10. The molecule has 1 N–H and O–H groups in total. The smallest absolute Gasteiger partial charge is 0.124 e. The van der Waals surface area contributed by atoms with E-state index in [0.29, 0.717) is 6.61 Å². The Hall–Kier alpha value is -1.29. The van der Waals surface area contributed by atoms with E-state index in [-0.39, 0.29) is 0 Å². The zero-order chi connectivity index (χ0) is 15.1. The molecule has 0 aliphatic rings. The first-order valence-electron chi connectivity index (χ1n) is 6.67. The van der Waals surface area contributed by atoms with Crippen LogP contribution in [-0.4, -0.2) is 6.54 Å². The Morgan fingerprint density at radius 3 is 2.76 bits per heavy atom. The fraction of sp³-hybridized carbons (Fsp3) is 0.176. The molecule has 0 amide bonds. The molecule has 0 aromatic heterocycles. The van der Waals surface area contributed by atoms with Gasteiger partial charge in [0.1, 0.15) is 12.4 Å². The predicted molar refractivity (Wildman–Crippen MR) is 91.8 cm³/mol. The Morgan fingerprint density at radius 1 is 1.19 bits per heavy atom. The van der Waals surface area contributed by atoms with Crippen molar-refractivity contribution in [2.75, 3.05) is 6.54 Å². The molecular formula is C17H17BrClNO. The van der Waals surface area contributed by atoms with Crippen LogP contribution in [0.3, 0.4) is 0 Å². The molecule has 0 unspecified atom stereocenters. The molecule has 2 aromatic carbocycles. The summed E-state index contributed by atoms with van der Waals surface area (Å²) in [6, 6.07) is 13.7. The van der Waals surface area contributed by atoms with E-state index in [0.717, 1.165) is 39.5 Å². The third-order valence-corrected chi connectivity index (χ3v) is 3.83. The highest BCUT2D eigenvalue weighted by Gasteiger charge is 2.06. The molecule has 0 heterocycles. The third kappa shape index (κ3) is 4.88. The highest BCUT2D eigenvalue weighted by atomic mass is 79.9. The van der Waals surface area contributed by atoms with E-state index >= 15 is 0 Å². The lowest BCUT2D eigenvalue weighted by Gasteiger charge is -2.13. The number of halogens is 2. The van der Waals surface area contributed by atoms with Gasteiger partial charge in [0, 0.05) is 33.7 Å². The van der Waals surface area contributed by atoms with E-state index in [1.165, 1.54) is 0 Å². The number of rotatable bonds is 7. The number of hydrogen-bond donors (Lipinski definition) is 1. The van der Waals surface area contributed by atoms with E-state index < -0.39 is 0 Å². The second-order valence-corrected chi connectivity index (χ2v) is 5.87. The van der Waals surface area contributed by atoms with Crippen LogP contribution in [0.5, 0.6) is 5.75 Å². The second-order valence-electron chi connectivity index (χ2n) is 4.55. The van der Waals surface area contributed by atoms with Gasteiger partial charge in [-0.2, -0.15) is 0 Å². The Balaban J connectivity index is 2.08. The second kappa shape index (κ2) is 8.23. The van der Waals surface area contributed by atoms with Crippen LogP contribution < -0.4 is 10.1 Å². The van der Waals surface area contributed by atoms with E-state index in [4.69, 9.17) is 16.3 Å². The summed E-state index contributed by atoms with van der Waals surface area (Å²) in [4.78, 5) is 0. The number of benzene rings is 2. The molecule has 0 aliphatic heterocycles. The minimum Gasteiger partial charge on any atom is -0.489 e. The van der Waals surface area contributed by atoms with Gasteiger partial charge < -0.3 is 10.1 Å². The normalized spacial score (nSPS) is 10.4. The molecule has 2 nitrogen and oxygen atoms in total. The van der Waals surface area contributed by atoms with Gasteiger partial charge in [0.15, 0.2) is 0 Å². The van der Waals surface area contributed by atoms with E-state index in [1.807, 2.05) is 42.5 Å². The molecule has 110 valence electrons. The Morgan fingerprint density at radius 2 is 2.00 bits per heavy atom. The largest absolute Gasteiger partial charge is 0.489 e. The van der Waals surface area contributed by atoms with Gasteiger partial charge >= 0.3 is 0 Å². The Bertz CT molecular complexity index is 615.